The average Bonchev–Trinajstić information content (AvgIpc) is 3.13. The molecular weight excluding hydrogens is 411 g/mol. The van der Waals surface area contributed by atoms with Crippen LogP contribution in [0.15, 0.2) is 37.1 Å². The Morgan fingerprint density at radius 1 is 1.12 bits per heavy atom. The maximum absolute atomic E-state index is 14.4. The first-order valence-electron chi connectivity index (χ1n) is 10.5. The van der Waals surface area contributed by atoms with Crippen LogP contribution in [0.3, 0.4) is 0 Å². The van der Waals surface area contributed by atoms with E-state index < -0.39 is 11.7 Å². The molecule has 4 aromatic rings. The van der Waals surface area contributed by atoms with Crippen LogP contribution in [0.25, 0.3) is 16.7 Å². The molecule has 2 N–H and O–H groups in total. The first-order chi connectivity index (χ1) is 15.4. The summed E-state index contributed by atoms with van der Waals surface area (Å²) < 4.78 is 16.0. The SMILES string of the molecule is Cc1cn2cc(NC(=O)c3cnc(N4C[C@H](C)N[C@@H](C)C4)c4nccnc34)cc(F)c2n1. The molecule has 1 saturated heterocycles. The number of imidazole rings is 1. The molecule has 0 radical (unpaired) electrons. The number of nitrogens with one attached hydrogen (secondary N) is 2. The number of carbonyl (C=O) groups excluding carboxylic acids is 1. The maximum Gasteiger partial charge on any atom is 0.259 e. The lowest BCUT2D eigenvalue weighted by atomic mass is 10.1. The minimum Gasteiger partial charge on any atom is -0.352 e. The van der Waals surface area contributed by atoms with Gasteiger partial charge in [-0.25, -0.2) is 19.3 Å². The summed E-state index contributed by atoms with van der Waals surface area (Å²) in [5.41, 5.74) is 2.49. The Bertz CT molecular complexity index is 1330. The zero-order valence-corrected chi connectivity index (χ0v) is 18.0. The number of fused-ring (bicyclic) bond motifs is 2. The highest BCUT2D eigenvalue weighted by Crippen LogP contribution is 2.26. The van der Waals surface area contributed by atoms with E-state index in [1.165, 1.54) is 12.3 Å². The fourth-order valence-electron chi connectivity index (χ4n) is 4.29. The molecule has 164 valence electrons. The van der Waals surface area contributed by atoms with Crippen molar-refractivity contribution in [3.05, 3.63) is 54.1 Å². The number of hydrogen-bond acceptors (Lipinski definition) is 7. The van der Waals surface area contributed by atoms with E-state index >= 15 is 0 Å². The Morgan fingerprint density at radius 3 is 2.59 bits per heavy atom. The molecule has 2 atom stereocenters. The van der Waals surface area contributed by atoms with Crippen molar-refractivity contribution in [2.45, 2.75) is 32.9 Å². The summed E-state index contributed by atoms with van der Waals surface area (Å²) >= 11 is 0. The summed E-state index contributed by atoms with van der Waals surface area (Å²) in [6, 6.07) is 1.84. The van der Waals surface area contributed by atoms with Crippen LogP contribution < -0.4 is 15.5 Å². The number of nitrogens with zero attached hydrogens (tertiary/aromatic N) is 6. The highest BCUT2D eigenvalue weighted by molar-refractivity contribution is 6.12. The van der Waals surface area contributed by atoms with E-state index in [2.05, 4.69) is 49.3 Å². The van der Waals surface area contributed by atoms with Gasteiger partial charge in [0.25, 0.3) is 5.91 Å². The fourth-order valence-corrected chi connectivity index (χ4v) is 4.29. The Morgan fingerprint density at radius 2 is 1.84 bits per heavy atom. The summed E-state index contributed by atoms with van der Waals surface area (Å²) in [6.45, 7) is 7.57. The molecule has 0 bridgehead atoms. The number of amides is 1. The molecule has 0 spiro atoms. The number of pyridine rings is 2. The maximum atomic E-state index is 14.4. The minimum atomic E-state index is -0.518. The van der Waals surface area contributed by atoms with Crippen molar-refractivity contribution in [1.29, 1.82) is 0 Å². The zero-order valence-electron chi connectivity index (χ0n) is 18.0. The lowest BCUT2D eigenvalue weighted by Gasteiger charge is -2.37. The molecular formula is C22H23FN8O. The number of halogens is 1. The third kappa shape index (κ3) is 3.62. The Balaban J connectivity index is 1.50. The van der Waals surface area contributed by atoms with Gasteiger partial charge < -0.3 is 19.9 Å². The third-order valence-corrected chi connectivity index (χ3v) is 5.47. The van der Waals surface area contributed by atoms with E-state index in [9.17, 15) is 9.18 Å². The molecule has 32 heavy (non-hydrogen) atoms. The summed E-state index contributed by atoms with van der Waals surface area (Å²) in [6.07, 6.45) is 7.96. The van der Waals surface area contributed by atoms with Crippen molar-refractivity contribution in [3.8, 4) is 0 Å². The topological polar surface area (TPSA) is 100 Å². The minimum absolute atomic E-state index is 0.210. The van der Waals surface area contributed by atoms with E-state index in [4.69, 9.17) is 0 Å². The number of piperazine rings is 1. The molecule has 9 nitrogen and oxygen atoms in total. The van der Waals surface area contributed by atoms with Crippen molar-refractivity contribution in [2.75, 3.05) is 23.3 Å². The number of aryl methyl sites for hydroxylation is 1. The molecule has 0 saturated carbocycles. The molecule has 1 aliphatic rings. The summed E-state index contributed by atoms with van der Waals surface area (Å²) in [4.78, 5) is 32.8. The van der Waals surface area contributed by atoms with Crippen LogP contribution in [0.5, 0.6) is 0 Å². The number of carbonyl (C=O) groups is 1. The van der Waals surface area contributed by atoms with Gasteiger partial charge in [-0.15, -0.1) is 0 Å². The van der Waals surface area contributed by atoms with Crippen LogP contribution in [0.1, 0.15) is 29.9 Å². The average molecular weight is 434 g/mol. The van der Waals surface area contributed by atoms with Crippen molar-refractivity contribution < 1.29 is 9.18 Å². The van der Waals surface area contributed by atoms with E-state index in [1.54, 1.807) is 36.1 Å². The van der Waals surface area contributed by atoms with Crippen LogP contribution in [-0.4, -0.2) is 55.4 Å². The number of anilines is 2. The number of rotatable bonds is 3. The number of hydrogen-bond donors (Lipinski definition) is 2. The third-order valence-electron chi connectivity index (χ3n) is 5.47. The first kappa shape index (κ1) is 20.3. The highest BCUT2D eigenvalue weighted by atomic mass is 19.1. The van der Waals surface area contributed by atoms with Gasteiger partial charge in [0.1, 0.15) is 11.0 Å². The molecule has 4 aromatic heterocycles. The monoisotopic (exact) mass is 434 g/mol. The van der Waals surface area contributed by atoms with Gasteiger partial charge in [0, 0.05) is 62.2 Å². The van der Waals surface area contributed by atoms with Crippen LogP contribution >= 0.6 is 0 Å². The predicted octanol–water partition coefficient (Wildman–Crippen LogP) is 2.56. The Labute approximate surface area is 183 Å². The second-order valence-electron chi connectivity index (χ2n) is 8.27. The van der Waals surface area contributed by atoms with Crippen molar-refractivity contribution in [2.24, 2.45) is 0 Å². The molecule has 5 heterocycles. The van der Waals surface area contributed by atoms with Gasteiger partial charge in [-0.3, -0.25) is 9.78 Å². The van der Waals surface area contributed by atoms with Gasteiger partial charge >= 0.3 is 0 Å². The van der Waals surface area contributed by atoms with Gasteiger partial charge in [0.15, 0.2) is 17.3 Å². The lowest BCUT2D eigenvalue weighted by molar-refractivity contribution is 0.102. The highest BCUT2D eigenvalue weighted by Gasteiger charge is 2.25. The largest absolute Gasteiger partial charge is 0.352 e. The van der Waals surface area contributed by atoms with Crippen LogP contribution in [0, 0.1) is 12.7 Å². The smallest absolute Gasteiger partial charge is 0.259 e. The normalized spacial score (nSPS) is 18.9. The standard InChI is InChI=1S/C22H23FN8O/c1-12-8-30(9-13(2)27-12)21-19-18(24-4-5-25-19)16(7-26-21)22(32)29-15-6-17(23)20-28-14(3)10-31(20)11-15/h4-7,10-13,27H,8-9H2,1-3H3,(H,29,32)/t12-,13-/m0/s1. The van der Waals surface area contributed by atoms with Gasteiger partial charge in [-0.2, -0.15) is 0 Å². The molecule has 0 aliphatic carbocycles. The van der Waals surface area contributed by atoms with Crippen LogP contribution in [-0.2, 0) is 0 Å². The molecule has 0 unspecified atom stereocenters. The van der Waals surface area contributed by atoms with Crippen LogP contribution in [0.2, 0.25) is 0 Å². The molecule has 10 heteroatoms. The fraction of sp³-hybridized carbons (Fsp3) is 0.318. The number of aromatic nitrogens is 5. The lowest BCUT2D eigenvalue weighted by Crippen LogP contribution is -2.54. The van der Waals surface area contributed by atoms with E-state index in [-0.39, 0.29) is 11.2 Å². The van der Waals surface area contributed by atoms with Gasteiger partial charge in [0.2, 0.25) is 0 Å². The van der Waals surface area contributed by atoms with Gasteiger partial charge in [-0.05, 0) is 20.8 Å². The Hall–Kier alpha value is -3.66. The molecule has 1 aliphatic heterocycles. The van der Waals surface area contributed by atoms with E-state index in [0.717, 1.165) is 13.1 Å². The second kappa shape index (κ2) is 7.79. The summed E-state index contributed by atoms with van der Waals surface area (Å²) in [5, 5.41) is 6.24. The van der Waals surface area contributed by atoms with Crippen LogP contribution in [0.4, 0.5) is 15.9 Å². The predicted molar refractivity (Wildman–Crippen MR) is 119 cm³/mol. The molecule has 5 rings (SSSR count). The summed E-state index contributed by atoms with van der Waals surface area (Å²) in [7, 11) is 0. The Kier molecular flexibility index (Phi) is 4.93. The first-order valence-corrected chi connectivity index (χ1v) is 10.5. The quantitative estimate of drug-likeness (QED) is 0.511. The second-order valence-corrected chi connectivity index (χ2v) is 8.27. The van der Waals surface area contributed by atoms with Gasteiger partial charge in [0.05, 0.1) is 16.9 Å². The van der Waals surface area contributed by atoms with Gasteiger partial charge in [-0.1, -0.05) is 0 Å². The molecule has 1 fully saturated rings. The zero-order chi connectivity index (χ0) is 22.4. The molecule has 1 amide bonds. The van der Waals surface area contributed by atoms with Crippen molar-refractivity contribution >= 4 is 34.1 Å². The van der Waals surface area contributed by atoms with Crippen molar-refractivity contribution in [3.63, 3.8) is 0 Å². The summed E-state index contributed by atoms with van der Waals surface area (Å²) in [5.74, 6) is -0.255. The van der Waals surface area contributed by atoms with E-state index in [0.29, 0.717) is 40.3 Å². The van der Waals surface area contributed by atoms with E-state index in [1.807, 2.05) is 0 Å². The molecule has 0 aromatic carbocycles. The van der Waals surface area contributed by atoms with Crippen molar-refractivity contribution in [1.82, 2.24) is 29.7 Å².